The number of aliphatic imine (C=N–C) groups is 1. The van der Waals surface area contributed by atoms with Gasteiger partial charge in [-0.2, -0.15) is 5.10 Å². The molecule has 0 bridgehead atoms. The van der Waals surface area contributed by atoms with Gasteiger partial charge in [0.15, 0.2) is 5.96 Å². The maximum Gasteiger partial charge on any atom is 0.191 e. The van der Waals surface area contributed by atoms with Crippen LogP contribution in [0.2, 0.25) is 0 Å². The number of hydrogen-bond donors (Lipinski definition) is 2. The van der Waals surface area contributed by atoms with E-state index in [9.17, 15) is 0 Å². The summed E-state index contributed by atoms with van der Waals surface area (Å²) in [6, 6.07) is 9.84. The molecule has 0 fully saturated rings. The summed E-state index contributed by atoms with van der Waals surface area (Å²) in [7, 11) is 0. The molecule has 2 rings (SSSR count). The Kier molecular flexibility index (Phi) is 7.40. The molecule has 24 heavy (non-hydrogen) atoms. The third-order valence-electron chi connectivity index (χ3n) is 3.27. The van der Waals surface area contributed by atoms with Crippen LogP contribution in [0.5, 0.6) is 5.75 Å². The zero-order valence-corrected chi connectivity index (χ0v) is 14.1. The first kappa shape index (κ1) is 17.6. The first-order valence-corrected chi connectivity index (χ1v) is 8.14. The molecule has 0 atom stereocenters. The number of nitrogens with zero attached hydrogens (tertiary/aromatic N) is 3. The van der Waals surface area contributed by atoms with Crippen molar-refractivity contribution in [2.75, 3.05) is 19.7 Å². The normalized spacial score (nSPS) is 11.1. The van der Waals surface area contributed by atoms with E-state index in [1.54, 1.807) is 12.3 Å². The molecule has 2 aromatic rings. The molecule has 6 nitrogen and oxygen atoms in total. The van der Waals surface area contributed by atoms with Gasteiger partial charge in [0.25, 0.3) is 0 Å². The van der Waals surface area contributed by atoms with E-state index in [-0.39, 0.29) is 0 Å². The van der Waals surface area contributed by atoms with Crippen molar-refractivity contribution in [3.63, 3.8) is 0 Å². The fourth-order valence-electron chi connectivity index (χ4n) is 2.15. The Balaban J connectivity index is 1.93. The van der Waals surface area contributed by atoms with Crippen molar-refractivity contribution in [1.82, 2.24) is 20.4 Å². The molecule has 0 aliphatic rings. The number of hydrogen-bond acceptors (Lipinski definition) is 3. The number of guanidine groups is 1. The minimum atomic E-state index is 0.489. The van der Waals surface area contributed by atoms with Crippen molar-refractivity contribution in [3.05, 3.63) is 60.9 Å². The SMILES string of the molecule is C=CCOc1ccccc1CN=C(NCC)NCCn1cccn1. The van der Waals surface area contributed by atoms with Crippen molar-refractivity contribution in [1.29, 1.82) is 0 Å². The van der Waals surface area contributed by atoms with Crippen LogP contribution >= 0.6 is 0 Å². The van der Waals surface area contributed by atoms with Crippen molar-refractivity contribution in [3.8, 4) is 5.75 Å². The monoisotopic (exact) mass is 327 g/mol. The Morgan fingerprint density at radius 1 is 1.33 bits per heavy atom. The molecule has 6 heteroatoms. The van der Waals surface area contributed by atoms with Crippen molar-refractivity contribution in [2.24, 2.45) is 4.99 Å². The molecule has 0 saturated carbocycles. The fourth-order valence-corrected chi connectivity index (χ4v) is 2.15. The van der Waals surface area contributed by atoms with Gasteiger partial charge in [0.05, 0.1) is 13.1 Å². The van der Waals surface area contributed by atoms with Crippen LogP contribution in [0.25, 0.3) is 0 Å². The first-order valence-electron chi connectivity index (χ1n) is 8.14. The summed E-state index contributed by atoms with van der Waals surface area (Å²) in [6.07, 6.45) is 5.46. The second kappa shape index (κ2) is 10.1. The van der Waals surface area contributed by atoms with Crippen LogP contribution in [-0.4, -0.2) is 35.4 Å². The minimum absolute atomic E-state index is 0.489. The Morgan fingerprint density at radius 3 is 2.96 bits per heavy atom. The van der Waals surface area contributed by atoms with Gasteiger partial charge in [0, 0.05) is 31.0 Å². The van der Waals surface area contributed by atoms with E-state index in [4.69, 9.17) is 4.74 Å². The lowest BCUT2D eigenvalue weighted by atomic mass is 10.2. The van der Waals surface area contributed by atoms with Crippen LogP contribution in [-0.2, 0) is 13.1 Å². The molecule has 128 valence electrons. The highest BCUT2D eigenvalue weighted by Crippen LogP contribution is 2.18. The average molecular weight is 327 g/mol. The first-order chi connectivity index (χ1) is 11.8. The zero-order chi connectivity index (χ0) is 17.0. The number of ether oxygens (including phenoxy) is 1. The molecule has 0 radical (unpaired) electrons. The zero-order valence-electron chi connectivity index (χ0n) is 14.1. The van der Waals surface area contributed by atoms with E-state index >= 15 is 0 Å². The van der Waals surface area contributed by atoms with E-state index in [0.717, 1.165) is 36.9 Å². The quantitative estimate of drug-likeness (QED) is 0.421. The molecule has 1 aromatic carbocycles. The molecule has 0 spiro atoms. The maximum absolute atomic E-state index is 5.67. The largest absolute Gasteiger partial charge is 0.489 e. The lowest BCUT2D eigenvalue weighted by Gasteiger charge is -2.12. The molecule has 0 unspecified atom stereocenters. The Bertz CT molecular complexity index is 637. The van der Waals surface area contributed by atoms with Gasteiger partial charge in [0.1, 0.15) is 12.4 Å². The highest BCUT2D eigenvalue weighted by molar-refractivity contribution is 5.79. The second-order valence-electron chi connectivity index (χ2n) is 5.10. The molecule has 1 heterocycles. The van der Waals surface area contributed by atoms with Gasteiger partial charge in [-0.1, -0.05) is 30.9 Å². The lowest BCUT2D eigenvalue weighted by molar-refractivity contribution is 0.359. The molecule has 0 aliphatic carbocycles. The van der Waals surface area contributed by atoms with Crippen molar-refractivity contribution >= 4 is 5.96 Å². The minimum Gasteiger partial charge on any atom is -0.489 e. The van der Waals surface area contributed by atoms with Gasteiger partial charge < -0.3 is 15.4 Å². The Hall–Kier alpha value is -2.76. The molecule has 0 saturated heterocycles. The van der Waals surface area contributed by atoms with Gasteiger partial charge in [-0.25, -0.2) is 4.99 Å². The molecule has 2 N–H and O–H groups in total. The number of rotatable bonds is 9. The molecule has 1 aromatic heterocycles. The van der Waals surface area contributed by atoms with Gasteiger partial charge in [-0.15, -0.1) is 0 Å². The summed E-state index contributed by atoms with van der Waals surface area (Å²) in [5.74, 6) is 1.62. The molecule has 0 aliphatic heterocycles. The van der Waals surface area contributed by atoms with Crippen LogP contribution < -0.4 is 15.4 Å². The fraction of sp³-hybridized carbons (Fsp3) is 0.333. The molecular weight excluding hydrogens is 302 g/mol. The lowest BCUT2D eigenvalue weighted by Crippen LogP contribution is -2.38. The van der Waals surface area contributed by atoms with Crippen LogP contribution in [0, 0.1) is 0 Å². The maximum atomic E-state index is 5.67. The van der Waals surface area contributed by atoms with E-state index in [1.165, 1.54) is 0 Å². The third-order valence-corrected chi connectivity index (χ3v) is 3.27. The van der Waals surface area contributed by atoms with Crippen LogP contribution in [0.1, 0.15) is 12.5 Å². The van der Waals surface area contributed by atoms with Gasteiger partial charge in [0.2, 0.25) is 0 Å². The average Bonchev–Trinajstić information content (AvgIpc) is 3.12. The van der Waals surface area contributed by atoms with Crippen molar-refractivity contribution < 1.29 is 4.74 Å². The van der Waals surface area contributed by atoms with Crippen molar-refractivity contribution in [2.45, 2.75) is 20.0 Å². The summed E-state index contributed by atoms with van der Waals surface area (Å²) >= 11 is 0. The number of para-hydroxylation sites is 1. The standard InChI is InChI=1S/C18H25N5O/c1-3-14-24-17-9-6-5-8-16(17)15-21-18(19-4-2)20-11-13-23-12-7-10-22-23/h3,5-10,12H,1,4,11,13-15H2,2H3,(H2,19,20,21). The summed E-state index contributed by atoms with van der Waals surface area (Å²) in [5.41, 5.74) is 1.05. The number of nitrogens with one attached hydrogen (secondary N) is 2. The summed E-state index contributed by atoms with van der Waals surface area (Å²) < 4.78 is 7.55. The Labute approximate surface area is 143 Å². The van der Waals surface area contributed by atoms with Gasteiger partial charge >= 0.3 is 0 Å². The second-order valence-corrected chi connectivity index (χ2v) is 5.10. The van der Waals surface area contributed by atoms with Crippen LogP contribution in [0.3, 0.4) is 0 Å². The summed E-state index contributed by atoms with van der Waals surface area (Å²) in [4.78, 5) is 4.63. The topological polar surface area (TPSA) is 63.5 Å². The van der Waals surface area contributed by atoms with E-state index in [1.807, 2.05) is 48.1 Å². The highest BCUT2D eigenvalue weighted by Gasteiger charge is 2.03. The third kappa shape index (κ3) is 5.79. The molecule has 0 amide bonds. The summed E-state index contributed by atoms with van der Waals surface area (Å²) in [5, 5.41) is 10.7. The van der Waals surface area contributed by atoms with Gasteiger partial charge in [-0.3, -0.25) is 4.68 Å². The predicted molar refractivity (Wildman–Crippen MR) is 97.2 cm³/mol. The van der Waals surface area contributed by atoms with Gasteiger partial charge in [-0.05, 0) is 19.1 Å². The number of benzene rings is 1. The summed E-state index contributed by atoms with van der Waals surface area (Å²) in [6.45, 7) is 9.11. The van der Waals surface area contributed by atoms with E-state index < -0.39 is 0 Å². The van der Waals surface area contributed by atoms with Crippen LogP contribution in [0.4, 0.5) is 0 Å². The van der Waals surface area contributed by atoms with E-state index in [2.05, 4.69) is 27.3 Å². The predicted octanol–water partition coefficient (Wildman–Crippen LogP) is 2.20. The van der Waals surface area contributed by atoms with Crippen LogP contribution in [0.15, 0.2) is 60.4 Å². The molecular formula is C18H25N5O. The van der Waals surface area contributed by atoms with E-state index in [0.29, 0.717) is 13.2 Å². The highest BCUT2D eigenvalue weighted by atomic mass is 16.5. The number of aromatic nitrogens is 2. The smallest absolute Gasteiger partial charge is 0.191 e. The Morgan fingerprint density at radius 2 is 2.21 bits per heavy atom.